The standard InChI is InChI=1S/C12H17F2NO3/c13-12(14)8-17-6-10(16)7-18-11-3-1-2-9(4-11)5-15/h1-4,10,12,16H,5-8,15H2. The molecule has 0 heterocycles. The van der Waals surface area contributed by atoms with E-state index in [-0.39, 0.29) is 13.2 Å². The van der Waals surface area contributed by atoms with Crippen LogP contribution in [-0.2, 0) is 11.3 Å². The number of aliphatic hydroxyl groups is 1. The Morgan fingerprint density at radius 1 is 1.22 bits per heavy atom. The smallest absolute Gasteiger partial charge is 0.261 e. The van der Waals surface area contributed by atoms with Crippen LogP contribution in [0.1, 0.15) is 5.56 Å². The van der Waals surface area contributed by atoms with E-state index in [0.717, 1.165) is 5.56 Å². The fourth-order valence-electron chi connectivity index (χ4n) is 1.30. The van der Waals surface area contributed by atoms with Crippen LogP contribution < -0.4 is 10.5 Å². The number of hydrogen-bond donors (Lipinski definition) is 2. The predicted molar refractivity (Wildman–Crippen MR) is 62.7 cm³/mol. The molecule has 0 saturated heterocycles. The number of aliphatic hydroxyl groups excluding tert-OH is 1. The zero-order chi connectivity index (χ0) is 13.4. The van der Waals surface area contributed by atoms with Gasteiger partial charge in [0.05, 0.1) is 6.61 Å². The first-order valence-electron chi connectivity index (χ1n) is 5.57. The maximum absolute atomic E-state index is 11.8. The van der Waals surface area contributed by atoms with E-state index < -0.39 is 19.1 Å². The Morgan fingerprint density at radius 3 is 2.67 bits per heavy atom. The van der Waals surface area contributed by atoms with Crippen LogP contribution in [0.2, 0.25) is 0 Å². The first-order valence-corrected chi connectivity index (χ1v) is 5.57. The third-order valence-electron chi connectivity index (χ3n) is 2.13. The van der Waals surface area contributed by atoms with E-state index in [1.807, 2.05) is 6.07 Å². The lowest BCUT2D eigenvalue weighted by atomic mass is 10.2. The summed E-state index contributed by atoms with van der Waals surface area (Å²) in [4.78, 5) is 0. The largest absolute Gasteiger partial charge is 0.491 e. The molecular formula is C12H17F2NO3. The second-order valence-electron chi connectivity index (χ2n) is 3.74. The highest BCUT2D eigenvalue weighted by Crippen LogP contribution is 2.13. The Balaban J connectivity index is 2.26. The molecule has 0 fully saturated rings. The summed E-state index contributed by atoms with van der Waals surface area (Å²) in [7, 11) is 0. The van der Waals surface area contributed by atoms with E-state index in [2.05, 4.69) is 4.74 Å². The van der Waals surface area contributed by atoms with Crippen LogP contribution in [0.3, 0.4) is 0 Å². The van der Waals surface area contributed by atoms with Crippen molar-refractivity contribution in [3.63, 3.8) is 0 Å². The lowest BCUT2D eigenvalue weighted by Gasteiger charge is -2.13. The minimum atomic E-state index is -2.53. The fraction of sp³-hybridized carbons (Fsp3) is 0.500. The summed E-state index contributed by atoms with van der Waals surface area (Å²) < 4.78 is 33.4. The normalized spacial score (nSPS) is 12.7. The quantitative estimate of drug-likeness (QED) is 0.737. The molecule has 1 rings (SSSR count). The number of nitrogens with two attached hydrogens (primary N) is 1. The van der Waals surface area contributed by atoms with Crippen molar-refractivity contribution in [2.24, 2.45) is 5.73 Å². The van der Waals surface area contributed by atoms with E-state index in [1.165, 1.54) is 0 Å². The average Bonchev–Trinajstić information content (AvgIpc) is 2.36. The molecule has 0 aliphatic heterocycles. The van der Waals surface area contributed by atoms with E-state index in [0.29, 0.717) is 12.3 Å². The highest BCUT2D eigenvalue weighted by molar-refractivity contribution is 5.28. The van der Waals surface area contributed by atoms with Gasteiger partial charge in [0.1, 0.15) is 25.1 Å². The fourth-order valence-corrected chi connectivity index (χ4v) is 1.30. The van der Waals surface area contributed by atoms with Crippen LogP contribution in [0.4, 0.5) is 8.78 Å². The number of rotatable bonds is 8. The Bertz CT molecular complexity index is 350. The molecule has 18 heavy (non-hydrogen) atoms. The highest BCUT2D eigenvalue weighted by Gasteiger charge is 2.08. The lowest BCUT2D eigenvalue weighted by molar-refractivity contribution is -0.0306. The molecule has 1 aromatic carbocycles. The summed E-state index contributed by atoms with van der Waals surface area (Å²) in [5.74, 6) is 0.575. The molecule has 1 atom stereocenters. The molecule has 0 aliphatic carbocycles. The van der Waals surface area contributed by atoms with Gasteiger partial charge in [-0.3, -0.25) is 0 Å². The summed E-state index contributed by atoms with van der Waals surface area (Å²) in [6, 6.07) is 7.13. The van der Waals surface area contributed by atoms with Crippen molar-refractivity contribution in [3.05, 3.63) is 29.8 Å². The summed E-state index contributed by atoms with van der Waals surface area (Å²) in [5.41, 5.74) is 6.39. The van der Waals surface area contributed by atoms with Gasteiger partial charge in [-0.1, -0.05) is 12.1 Å². The molecule has 0 amide bonds. The number of benzene rings is 1. The molecule has 1 aromatic rings. The van der Waals surface area contributed by atoms with Gasteiger partial charge in [-0.15, -0.1) is 0 Å². The summed E-state index contributed by atoms with van der Waals surface area (Å²) >= 11 is 0. The van der Waals surface area contributed by atoms with Crippen LogP contribution in [0.5, 0.6) is 5.75 Å². The van der Waals surface area contributed by atoms with Crippen molar-refractivity contribution in [3.8, 4) is 5.75 Å². The zero-order valence-corrected chi connectivity index (χ0v) is 9.89. The molecule has 0 radical (unpaired) electrons. The van der Waals surface area contributed by atoms with Crippen LogP contribution in [0.25, 0.3) is 0 Å². The number of hydrogen-bond acceptors (Lipinski definition) is 4. The van der Waals surface area contributed by atoms with Crippen molar-refractivity contribution in [2.45, 2.75) is 19.1 Å². The minimum Gasteiger partial charge on any atom is -0.491 e. The molecule has 6 heteroatoms. The van der Waals surface area contributed by atoms with Crippen molar-refractivity contribution in [2.75, 3.05) is 19.8 Å². The van der Waals surface area contributed by atoms with Crippen LogP contribution in [-0.4, -0.2) is 37.5 Å². The van der Waals surface area contributed by atoms with Crippen molar-refractivity contribution in [1.29, 1.82) is 0 Å². The van der Waals surface area contributed by atoms with Crippen molar-refractivity contribution in [1.82, 2.24) is 0 Å². The summed E-state index contributed by atoms with van der Waals surface area (Å²) in [5, 5.41) is 9.43. The molecule has 102 valence electrons. The van der Waals surface area contributed by atoms with E-state index in [4.69, 9.17) is 10.5 Å². The molecule has 1 unspecified atom stereocenters. The molecule has 0 bridgehead atoms. The topological polar surface area (TPSA) is 64.7 Å². The van der Waals surface area contributed by atoms with E-state index in [1.54, 1.807) is 18.2 Å². The van der Waals surface area contributed by atoms with Gasteiger partial charge in [0.2, 0.25) is 0 Å². The van der Waals surface area contributed by atoms with Gasteiger partial charge in [-0.05, 0) is 17.7 Å². The van der Waals surface area contributed by atoms with Gasteiger partial charge in [-0.2, -0.15) is 0 Å². The second-order valence-corrected chi connectivity index (χ2v) is 3.74. The number of halogens is 2. The number of alkyl halides is 2. The average molecular weight is 261 g/mol. The van der Waals surface area contributed by atoms with Crippen LogP contribution in [0.15, 0.2) is 24.3 Å². The van der Waals surface area contributed by atoms with Gasteiger partial charge in [0.25, 0.3) is 6.43 Å². The summed E-state index contributed by atoms with van der Waals surface area (Å²) in [6.07, 6.45) is -3.47. The maximum Gasteiger partial charge on any atom is 0.261 e. The molecule has 0 saturated carbocycles. The van der Waals surface area contributed by atoms with Gasteiger partial charge < -0.3 is 20.3 Å². The Hall–Kier alpha value is -1.24. The molecule has 4 nitrogen and oxygen atoms in total. The first-order chi connectivity index (χ1) is 8.61. The Labute approximate surface area is 104 Å². The van der Waals surface area contributed by atoms with Gasteiger partial charge in [0, 0.05) is 6.54 Å². The van der Waals surface area contributed by atoms with Crippen LogP contribution in [0, 0.1) is 0 Å². The van der Waals surface area contributed by atoms with Gasteiger partial charge in [-0.25, -0.2) is 8.78 Å². The molecule has 3 N–H and O–H groups in total. The SMILES string of the molecule is NCc1cccc(OCC(O)COCC(F)F)c1. The monoisotopic (exact) mass is 261 g/mol. The van der Waals surface area contributed by atoms with Gasteiger partial charge >= 0.3 is 0 Å². The molecule has 0 aromatic heterocycles. The number of ether oxygens (including phenoxy) is 2. The lowest BCUT2D eigenvalue weighted by Crippen LogP contribution is -2.24. The minimum absolute atomic E-state index is 0.0166. The predicted octanol–water partition coefficient (Wildman–Crippen LogP) is 1.17. The summed E-state index contributed by atoms with van der Waals surface area (Å²) in [6.45, 7) is -0.477. The Morgan fingerprint density at radius 2 is 2.00 bits per heavy atom. The van der Waals surface area contributed by atoms with E-state index >= 15 is 0 Å². The molecule has 0 aliphatic rings. The van der Waals surface area contributed by atoms with Crippen molar-refractivity contribution < 1.29 is 23.4 Å². The third-order valence-corrected chi connectivity index (χ3v) is 2.13. The third kappa shape index (κ3) is 5.90. The highest BCUT2D eigenvalue weighted by atomic mass is 19.3. The maximum atomic E-state index is 11.8. The first kappa shape index (κ1) is 14.8. The van der Waals surface area contributed by atoms with E-state index in [9.17, 15) is 13.9 Å². The van der Waals surface area contributed by atoms with Crippen LogP contribution >= 0.6 is 0 Å². The molecular weight excluding hydrogens is 244 g/mol. The van der Waals surface area contributed by atoms with Gasteiger partial charge in [0.15, 0.2) is 0 Å². The second kappa shape index (κ2) is 7.97. The molecule has 0 spiro atoms. The van der Waals surface area contributed by atoms with Crippen molar-refractivity contribution >= 4 is 0 Å². The zero-order valence-electron chi connectivity index (χ0n) is 9.89. The Kier molecular flexibility index (Phi) is 6.56.